The van der Waals surface area contributed by atoms with Gasteiger partial charge in [-0.3, -0.25) is 14.5 Å². The van der Waals surface area contributed by atoms with Gasteiger partial charge >= 0.3 is 0 Å². The number of aromatic amines is 1. The second-order valence-electron chi connectivity index (χ2n) is 8.34. The highest BCUT2D eigenvalue weighted by atomic mass is 16.7. The van der Waals surface area contributed by atoms with Crippen LogP contribution in [0.4, 0.5) is 0 Å². The lowest BCUT2D eigenvalue weighted by Crippen LogP contribution is -2.49. The summed E-state index contributed by atoms with van der Waals surface area (Å²) in [5.41, 5.74) is 5.06. The van der Waals surface area contributed by atoms with Crippen molar-refractivity contribution in [1.29, 1.82) is 0 Å². The maximum atomic E-state index is 13.3. The van der Waals surface area contributed by atoms with Crippen molar-refractivity contribution >= 4 is 22.4 Å². The largest absolute Gasteiger partial charge is 0.361 e. The van der Waals surface area contributed by atoms with Gasteiger partial charge in [-0.05, 0) is 63.9 Å². The van der Waals surface area contributed by atoms with Crippen LogP contribution < -0.4 is 0 Å². The highest BCUT2D eigenvalue weighted by Gasteiger charge is 2.37. The topological polar surface area (TPSA) is 48.6 Å². The van der Waals surface area contributed by atoms with E-state index in [0.717, 1.165) is 6.42 Å². The first-order chi connectivity index (χ1) is 12.9. The standard InChI is InChI=1S/C22H29N3O2/c1-13(2)25(27-14(3)4)22(26)16-9-18-17-7-6-8-19-21(17)15(11-23-19)10-20(18)24(5)12-16/h6-9,11,13-14,16,20,23H,10,12H2,1-5H3. The van der Waals surface area contributed by atoms with Crippen LogP contribution in [0.15, 0.2) is 30.5 Å². The monoisotopic (exact) mass is 367 g/mol. The van der Waals surface area contributed by atoms with Crippen molar-refractivity contribution in [3.8, 4) is 0 Å². The third-order valence-electron chi connectivity index (χ3n) is 5.60. The minimum atomic E-state index is -0.196. The van der Waals surface area contributed by atoms with Crippen molar-refractivity contribution in [2.45, 2.75) is 52.3 Å². The summed E-state index contributed by atoms with van der Waals surface area (Å²) in [6, 6.07) is 6.72. The zero-order valence-electron chi connectivity index (χ0n) is 16.8. The Hall–Kier alpha value is -2.11. The second-order valence-corrected chi connectivity index (χ2v) is 8.34. The second kappa shape index (κ2) is 6.80. The summed E-state index contributed by atoms with van der Waals surface area (Å²) in [6.07, 6.45) is 5.28. The first-order valence-corrected chi connectivity index (χ1v) is 9.88. The van der Waals surface area contributed by atoms with Gasteiger partial charge in [-0.2, -0.15) is 0 Å². The Morgan fingerprint density at radius 3 is 2.78 bits per heavy atom. The van der Waals surface area contributed by atoms with E-state index in [1.54, 1.807) is 5.06 Å². The lowest BCUT2D eigenvalue weighted by molar-refractivity contribution is -0.214. The molecular weight excluding hydrogens is 338 g/mol. The maximum absolute atomic E-state index is 13.3. The molecule has 2 unspecified atom stereocenters. The van der Waals surface area contributed by atoms with Gasteiger partial charge in [0.25, 0.3) is 5.91 Å². The van der Waals surface area contributed by atoms with Crippen molar-refractivity contribution in [3.63, 3.8) is 0 Å². The van der Waals surface area contributed by atoms with Crippen LogP contribution in [0, 0.1) is 5.92 Å². The number of benzene rings is 1. The van der Waals surface area contributed by atoms with Gasteiger partial charge in [0.2, 0.25) is 0 Å². The fraction of sp³-hybridized carbons (Fsp3) is 0.500. The fourth-order valence-corrected chi connectivity index (χ4v) is 4.42. The summed E-state index contributed by atoms with van der Waals surface area (Å²) in [4.78, 5) is 24.8. The summed E-state index contributed by atoms with van der Waals surface area (Å²) in [6.45, 7) is 8.62. The third-order valence-corrected chi connectivity index (χ3v) is 5.60. The number of hydrogen-bond acceptors (Lipinski definition) is 3. The lowest BCUT2D eigenvalue weighted by atomic mass is 9.79. The number of aromatic nitrogens is 1. The number of likely N-dealkylation sites (N-methyl/N-ethyl adjacent to an activating group) is 1. The van der Waals surface area contributed by atoms with Gasteiger partial charge in [0.05, 0.1) is 18.1 Å². The molecule has 0 saturated carbocycles. The smallest absolute Gasteiger partial charge is 0.254 e. The van der Waals surface area contributed by atoms with Gasteiger partial charge in [0.15, 0.2) is 0 Å². The van der Waals surface area contributed by atoms with E-state index in [9.17, 15) is 4.79 Å². The van der Waals surface area contributed by atoms with E-state index in [2.05, 4.69) is 47.4 Å². The molecular formula is C22H29N3O2. The molecule has 2 aromatic rings. The van der Waals surface area contributed by atoms with Crippen LogP contribution in [-0.2, 0) is 16.1 Å². The maximum Gasteiger partial charge on any atom is 0.254 e. The summed E-state index contributed by atoms with van der Waals surface area (Å²) in [5, 5.41) is 2.87. The van der Waals surface area contributed by atoms with E-state index in [1.807, 2.05) is 27.7 Å². The van der Waals surface area contributed by atoms with Crippen LogP contribution in [-0.4, -0.2) is 52.6 Å². The molecule has 5 nitrogen and oxygen atoms in total. The minimum Gasteiger partial charge on any atom is -0.361 e. The molecule has 0 radical (unpaired) electrons. The summed E-state index contributed by atoms with van der Waals surface area (Å²) >= 11 is 0. The Bertz CT molecular complexity index is 896. The fourth-order valence-electron chi connectivity index (χ4n) is 4.42. The van der Waals surface area contributed by atoms with E-state index in [1.165, 1.54) is 27.6 Å². The van der Waals surface area contributed by atoms with Crippen LogP contribution in [0.5, 0.6) is 0 Å². The molecule has 4 rings (SSSR count). The van der Waals surface area contributed by atoms with Gasteiger partial charge in [-0.15, -0.1) is 0 Å². The van der Waals surface area contributed by atoms with Gasteiger partial charge in [0, 0.05) is 29.7 Å². The van der Waals surface area contributed by atoms with Crippen molar-refractivity contribution < 1.29 is 9.63 Å². The molecule has 0 fully saturated rings. The van der Waals surface area contributed by atoms with Crippen molar-refractivity contribution in [2.75, 3.05) is 13.6 Å². The quantitative estimate of drug-likeness (QED) is 0.840. The molecule has 0 spiro atoms. The normalized spacial score (nSPS) is 22.3. The molecule has 1 aliphatic carbocycles. The number of hydroxylamine groups is 2. The van der Waals surface area contributed by atoms with Gasteiger partial charge in [0.1, 0.15) is 0 Å². The van der Waals surface area contributed by atoms with Crippen LogP contribution in [0.1, 0.15) is 38.8 Å². The van der Waals surface area contributed by atoms with E-state index < -0.39 is 0 Å². The average Bonchev–Trinajstić information content (AvgIpc) is 3.04. The first kappa shape index (κ1) is 18.3. The number of amides is 1. The highest BCUT2D eigenvalue weighted by Crippen LogP contribution is 2.41. The molecule has 2 atom stereocenters. The lowest BCUT2D eigenvalue weighted by Gasteiger charge is -2.41. The molecule has 144 valence electrons. The number of fused-ring (bicyclic) bond motifs is 2. The highest BCUT2D eigenvalue weighted by molar-refractivity contribution is 5.99. The molecule has 5 heteroatoms. The summed E-state index contributed by atoms with van der Waals surface area (Å²) in [5.74, 6) is -0.151. The van der Waals surface area contributed by atoms with Crippen LogP contribution in [0.25, 0.3) is 16.5 Å². The number of nitrogens with zero attached hydrogens (tertiary/aromatic N) is 2. The van der Waals surface area contributed by atoms with Gasteiger partial charge in [-0.1, -0.05) is 18.2 Å². The zero-order valence-corrected chi connectivity index (χ0v) is 16.8. The predicted octanol–water partition coefficient (Wildman–Crippen LogP) is 3.61. The Kier molecular flexibility index (Phi) is 4.60. The number of carbonyl (C=O) groups is 1. The first-order valence-electron chi connectivity index (χ1n) is 9.88. The zero-order chi connectivity index (χ0) is 19.3. The molecule has 1 aromatic heterocycles. The number of rotatable bonds is 4. The predicted molar refractivity (Wildman–Crippen MR) is 108 cm³/mol. The number of nitrogens with one attached hydrogen (secondary N) is 1. The Labute approximate surface area is 160 Å². The minimum absolute atomic E-state index is 0.00685. The van der Waals surface area contributed by atoms with Crippen LogP contribution in [0.2, 0.25) is 0 Å². The van der Waals surface area contributed by atoms with Gasteiger partial charge in [-0.25, -0.2) is 5.06 Å². The van der Waals surface area contributed by atoms with E-state index in [0.29, 0.717) is 12.6 Å². The average molecular weight is 367 g/mol. The van der Waals surface area contributed by atoms with Crippen LogP contribution in [0.3, 0.4) is 0 Å². The van der Waals surface area contributed by atoms with E-state index in [4.69, 9.17) is 4.84 Å². The SMILES string of the molecule is CC(C)ON(C(=O)C1C=C2c3cccc4[nH]cc(c34)CC2N(C)C1)C(C)C. The molecule has 1 aromatic carbocycles. The Balaban J connectivity index is 1.74. The molecule has 0 bridgehead atoms. The van der Waals surface area contributed by atoms with Crippen molar-refractivity contribution in [3.05, 3.63) is 41.6 Å². The summed E-state index contributed by atoms with van der Waals surface area (Å²) < 4.78 is 0. The molecule has 0 saturated heterocycles. The third kappa shape index (κ3) is 3.09. The van der Waals surface area contributed by atoms with Crippen molar-refractivity contribution in [2.24, 2.45) is 5.92 Å². The molecule has 1 N–H and O–H groups in total. The molecule has 2 heterocycles. The Morgan fingerprint density at radius 1 is 1.30 bits per heavy atom. The molecule has 2 aliphatic rings. The number of carbonyl (C=O) groups excluding carboxylic acids is 1. The van der Waals surface area contributed by atoms with E-state index in [-0.39, 0.29) is 24.0 Å². The Morgan fingerprint density at radius 2 is 2.07 bits per heavy atom. The summed E-state index contributed by atoms with van der Waals surface area (Å²) in [7, 11) is 2.12. The molecule has 27 heavy (non-hydrogen) atoms. The molecule has 1 aliphatic heterocycles. The van der Waals surface area contributed by atoms with E-state index >= 15 is 0 Å². The number of hydrogen-bond donors (Lipinski definition) is 1. The van der Waals surface area contributed by atoms with Crippen molar-refractivity contribution in [1.82, 2.24) is 14.9 Å². The molecule has 1 amide bonds. The van der Waals surface area contributed by atoms with Gasteiger partial charge < -0.3 is 4.98 Å². The number of H-pyrrole nitrogens is 1. The van der Waals surface area contributed by atoms with Crippen LogP contribution >= 0.6 is 0 Å².